The third-order valence-electron chi connectivity index (χ3n) is 3.93. The minimum atomic E-state index is -0.221. The maximum absolute atomic E-state index is 11.9. The summed E-state index contributed by atoms with van der Waals surface area (Å²) in [5.41, 5.74) is 0.730. The summed E-state index contributed by atoms with van der Waals surface area (Å²) in [5.74, 6) is 0.781. The van der Waals surface area contributed by atoms with E-state index in [0.29, 0.717) is 13.2 Å². The molecule has 1 aromatic carbocycles. The van der Waals surface area contributed by atoms with E-state index in [0.717, 1.165) is 42.3 Å². The van der Waals surface area contributed by atoms with Crippen molar-refractivity contribution < 1.29 is 14.3 Å². The minimum Gasteiger partial charge on any atom is -0.491 e. The fraction of sp³-hybridized carbons (Fsp3) is 0.444. The SMILES string of the molecule is O=C(NCCc1nccs1)Nc1ccc(OC[C@@H]2CCCCO2)cc1. The van der Waals surface area contributed by atoms with Gasteiger partial charge < -0.3 is 20.1 Å². The number of nitrogens with zero attached hydrogens (tertiary/aromatic N) is 1. The first kappa shape index (κ1) is 17.7. The number of urea groups is 1. The summed E-state index contributed by atoms with van der Waals surface area (Å²) < 4.78 is 11.4. The van der Waals surface area contributed by atoms with Crippen LogP contribution in [0.3, 0.4) is 0 Å². The number of rotatable bonds is 7. The van der Waals surface area contributed by atoms with Gasteiger partial charge in [0.25, 0.3) is 0 Å². The highest BCUT2D eigenvalue weighted by Crippen LogP contribution is 2.18. The molecule has 1 aromatic heterocycles. The first-order valence-electron chi connectivity index (χ1n) is 8.57. The highest BCUT2D eigenvalue weighted by molar-refractivity contribution is 7.09. The van der Waals surface area contributed by atoms with Crippen molar-refractivity contribution in [3.63, 3.8) is 0 Å². The van der Waals surface area contributed by atoms with Gasteiger partial charge in [-0.15, -0.1) is 11.3 Å². The van der Waals surface area contributed by atoms with Crippen molar-refractivity contribution in [2.24, 2.45) is 0 Å². The Bertz CT molecular complexity index is 640. The summed E-state index contributed by atoms with van der Waals surface area (Å²) in [6, 6.07) is 7.15. The van der Waals surface area contributed by atoms with Crippen LogP contribution in [0.5, 0.6) is 5.75 Å². The Morgan fingerprint density at radius 2 is 2.20 bits per heavy atom. The molecule has 2 N–H and O–H groups in total. The van der Waals surface area contributed by atoms with Crippen molar-refractivity contribution in [1.82, 2.24) is 10.3 Å². The van der Waals surface area contributed by atoms with E-state index in [1.54, 1.807) is 17.5 Å². The molecular formula is C18H23N3O3S. The van der Waals surface area contributed by atoms with Crippen molar-refractivity contribution in [1.29, 1.82) is 0 Å². The van der Waals surface area contributed by atoms with Crippen molar-refractivity contribution >= 4 is 23.1 Å². The third-order valence-corrected chi connectivity index (χ3v) is 4.77. The van der Waals surface area contributed by atoms with Crippen LogP contribution in [0.25, 0.3) is 0 Å². The molecule has 1 aliphatic rings. The first-order chi connectivity index (χ1) is 12.3. The number of amides is 2. The summed E-state index contributed by atoms with van der Waals surface area (Å²) in [4.78, 5) is 16.1. The second-order valence-electron chi connectivity index (χ2n) is 5.88. The molecule has 0 bridgehead atoms. The lowest BCUT2D eigenvalue weighted by molar-refractivity contribution is -0.0110. The molecule has 0 saturated carbocycles. The van der Waals surface area contributed by atoms with Gasteiger partial charge in [0, 0.05) is 36.8 Å². The molecule has 0 aliphatic carbocycles. The van der Waals surface area contributed by atoms with Gasteiger partial charge in [-0.25, -0.2) is 9.78 Å². The molecule has 134 valence electrons. The van der Waals surface area contributed by atoms with E-state index in [-0.39, 0.29) is 12.1 Å². The Hall–Kier alpha value is -2.12. The molecule has 1 fully saturated rings. The second-order valence-corrected chi connectivity index (χ2v) is 6.86. The van der Waals surface area contributed by atoms with Crippen molar-refractivity contribution in [3.05, 3.63) is 40.8 Å². The van der Waals surface area contributed by atoms with Crippen molar-refractivity contribution in [2.45, 2.75) is 31.8 Å². The van der Waals surface area contributed by atoms with Crippen LogP contribution in [0.2, 0.25) is 0 Å². The molecule has 0 radical (unpaired) electrons. The molecule has 0 spiro atoms. The molecule has 1 aliphatic heterocycles. The van der Waals surface area contributed by atoms with Gasteiger partial charge in [-0.3, -0.25) is 0 Å². The molecule has 6 nitrogen and oxygen atoms in total. The summed E-state index contributed by atoms with van der Waals surface area (Å²) in [5, 5.41) is 8.58. The smallest absolute Gasteiger partial charge is 0.319 e. The molecule has 1 atom stereocenters. The molecule has 25 heavy (non-hydrogen) atoms. The number of thiazole rings is 1. The van der Waals surface area contributed by atoms with Gasteiger partial charge in [0.1, 0.15) is 12.4 Å². The zero-order valence-electron chi connectivity index (χ0n) is 14.1. The number of carbonyl (C=O) groups excluding carboxylic acids is 1. The predicted molar refractivity (Wildman–Crippen MR) is 98.4 cm³/mol. The second kappa shape index (κ2) is 9.39. The Labute approximate surface area is 151 Å². The lowest BCUT2D eigenvalue weighted by atomic mass is 10.1. The molecule has 7 heteroatoms. The highest BCUT2D eigenvalue weighted by atomic mass is 32.1. The van der Waals surface area contributed by atoms with Gasteiger partial charge in [-0.05, 0) is 43.5 Å². The van der Waals surface area contributed by atoms with Gasteiger partial charge in [0.15, 0.2) is 0 Å². The average Bonchev–Trinajstić information content (AvgIpc) is 3.15. The van der Waals surface area contributed by atoms with E-state index < -0.39 is 0 Å². The molecule has 1 saturated heterocycles. The summed E-state index contributed by atoms with van der Waals surface area (Å²) in [7, 11) is 0. The number of benzene rings is 1. The van der Waals surface area contributed by atoms with E-state index in [1.807, 2.05) is 29.6 Å². The average molecular weight is 361 g/mol. The third kappa shape index (κ3) is 6.03. The fourth-order valence-corrected chi connectivity index (χ4v) is 3.22. The summed E-state index contributed by atoms with van der Waals surface area (Å²) >= 11 is 1.59. The Balaban J connectivity index is 1.37. The van der Waals surface area contributed by atoms with Gasteiger partial charge in [-0.1, -0.05) is 0 Å². The first-order valence-corrected chi connectivity index (χ1v) is 9.45. The van der Waals surface area contributed by atoms with Crippen LogP contribution < -0.4 is 15.4 Å². The normalized spacial score (nSPS) is 17.0. The van der Waals surface area contributed by atoms with E-state index in [2.05, 4.69) is 15.6 Å². The van der Waals surface area contributed by atoms with Crippen LogP contribution in [0.1, 0.15) is 24.3 Å². The Morgan fingerprint density at radius 3 is 2.92 bits per heavy atom. The van der Waals surface area contributed by atoms with Crippen LogP contribution >= 0.6 is 11.3 Å². The minimum absolute atomic E-state index is 0.190. The van der Waals surface area contributed by atoms with E-state index in [1.165, 1.54) is 6.42 Å². The number of ether oxygens (including phenoxy) is 2. The zero-order valence-corrected chi connectivity index (χ0v) is 14.9. The number of hydrogen-bond donors (Lipinski definition) is 2. The largest absolute Gasteiger partial charge is 0.491 e. The number of aromatic nitrogens is 1. The number of anilines is 1. The van der Waals surface area contributed by atoms with Crippen LogP contribution in [0.15, 0.2) is 35.8 Å². The lowest BCUT2D eigenvalue weighted by Crippen LogP contribution is -2.30. The number of nitrogens with one attached hydrogen (secondary N) is 2. The van der Waals surface area contributed by atoms with E-state index >= 15 is 0 Å². The standard InChI is InChI=1S/C18H23N3O3S/c22-18(20-9-8-17-19-10-12-25-17)21-14-4-6-15(7-5-14)24-13-16-3-1-2-11-23-16/h4-7,10,12,16H,1-3,8-9,11,13H2,(H2,20,21,22)/t16-/m0/s1. The number of hydrogen-bond acceptors (Lipinski definition) is 5. The molecular weight excluding hydrogens is 338 g/mol. The monoisotopic (exact) mass is 361 g/mol. The summed E-state index contributed by atoms with van der Waals surface area (Å²) in [6.45, 7) is 1.96. The van der Waals surface area contributed by atoms with Crippen LogP contribution in [-0.2, 0) is 11.2 Å². The van der Waals surface area contributed by atoms with Crippen molar-refractivity contribution in [3.8, 4) is 5.75 Å². The van der Waals surface area contributed by atoms with Gasteiger partial charge >= 0.3 is 6.03 Å². The van der Waals surface area contributed by atoms with Crippen molar-refractivity contribution in [2.75, 3.05) is 25.1 Å². The molecule has 2 amide bonds. The topological polar surface area (TPSA) is 72.5 Å². The van der Waals surface area contributed by atoms with Gasteiger partial charge in [0.05, 0.1) is 11.1 Å². The zero-order chi connectivity index (χ0) is 17.3. The lowest BCUT2D eigenvalue weighted by Gasteiger charge is -2.22. The Kier molecular flexibility index (Phi) is 6.64. The molecule has 2 aromatic rings. The predicted octanol–water partition coefficient (Wildman–Crippen LogP) is 3.46. The van der Waals surface area contributed by atoms with Gasteiger partial charge in [0.2, 0.25) is 0 Å². The molecule has 3 rings (SSSR count). The molecule has 0 unspecified atom stereocenters. The Morgan fingerprint density at radius 1 is 1.32 bits per heavy atom. The van der Waals surface area contributed by atoms with E-state index in [9.17, 15) is 4.79 Å². The maximum atomic E-state index is 11.9. The maximum Gasteiger partial charge on any atom is 0.319 e. The highest BCUT2D eigenvalue weighted by Gasteiger charge is 2.14. The molecule has 2 heterocycles. The van der Waals surface area contributed by atoms with Gasteiger partial charge in [-0.2, -0.15) is 0 Å². The summed E-state index contributed by atoms with van der Waals surface area (Å²) in [6.07, 6.45) is 6.10. The van der Waals surface area contributed by atoms with Crippen LogP contribution in [-0.4, -0.2) is 36.9 Å². The van der Waals surface area contributed by atoms with Crippen LogP contribution in [0.4, 0.5) is 10.5 Å². The number of carbonyl (C=O) groups is 1. The quantitative estimate of drug-likeness (QED) is 0.792. The van der Waals surface area contributed by atoms with Crippen LogP contribution in [0, 0.1) is 0 Å². The fourth-order valence-electron chi connectivity index (χ4n) is 2.60. The van der Waals surface area contributed by atoms with E-state index in [4.69, 9.17) is 9.47 Å².